The van der Waals surface area contributed by atoms with E-state index in [4.69, 9.17) is 18.9 Å². The Morgan fingerprint density at radius 3 is 2.73 bits per heavy atom. The number of esters is 1. The maximum Gasteiger partial charge on any atom is 0.337 e. The van der Waals surface area contributed by atoms with Crippen molar-refractivity contribution in [3.8, 4) is 23.0 Å². The molecule has 0 aliphatic carbocycles. The van der Waals surface area contributed by atoms with Crippen LogP contribution < -0.4 is 19.5 Å². The van der Waals surface area contributed by atoms with Crippen LogP contribution in [0.3, 0.4) is 0 Å². The van der Waals surface area contributed by atoms with Crippen LogP contribution in [0.4, 0.5) is 5.69 Å². The molecule has 0 spiro atoms. The number of ether oxygens (including phenoxy) is 4. The van der Waals surface area contributed by atoms with Crippen molar-refractivity contribution in [1.29, 1.82) is 0 Å². The molecule has 7 nitrogen and oxygen atoms in total. The van der Waals surface area contributed by atoms with E-state index in [1.54, 1.807) is 12.1 Å². The minimum Gasteiger partial charge on any atom is -0.504 e. The maximum atomic E-state index is 12.4. The molecule has 0 saturated heterocycles. The lowest BCUT2D eigenvalue weighted by molar-refractivity contribution is -0.136. The van der Waals surface area contributed by atoms with Crippen molar-refractivity contribution in [3.63, 3.8) is 0 Å². The molecule has 0 fully saturated rings. The Morgan fingerprint density at radius 1 is 1.15 bits per heavy atom. The smallest absolute Gasteiger partial charge is 0.337 e. The third-order valence-electron chi connectivity index (χ3n) is 4.86. The van der Waals surface area contributed by atoms with Gasteiger partial charge in [-0.15, -0.1) is 0 Å². The molecule has 2 aromatic rings. The van der Waals surface area contributed by atoms with Gasteiger partial charge in [-0.2, -0.15) is 0 Å². The first-order valence-electron chi connectivity index (χ1n) is 8.13. The number of hydrogen-bond donors (Lipinski definition) is 2. The molecule has 2 aromatic carbocycles. The number of cyclic esters (lactones) is 1. The first kappa shape index (κ1) is 14.9. The van der Waals surface area contributed by atoms with E-state index in [0.717, 1.165) is 22.5 Å². The molecule has 3 heterocycles. The van der Waals surface area contributed by atoms with Gasteiger partial charge in [0.1, 0.15) is 6.61 Å². The molecule has 1 atom stereocenters. The van der Waals surface area contributed by atoms with E-state index in [1.165, 1.54) is 7.11 Å². The van der Waals surface area contributed by atoms with E-state index in [-0.39, 0.29) is 31.0 Å². The monoisotopic (exact) mass is 353 g/mol. The summed E-state index contributed by atoms with van der Waals surface area (Å²) in [5.41, 5.74) is 3.71. The van der Waals surface area contributed by atoms with E-state index in [2.05, 4.69) is 5.32 Å². The molecule has 3 aliphatic heterocycles. The van der Waals surface area contributed by atoms with Crippen LogP contribution in [0.15, 0.2) is 41.6 Å². The average Bonchev–Trinajstić information content (AvgIpc) is 3.24. The minimum absolute atomic E-state index is 0.0133. The van der Waals surface area contributed by atoms with Crippen LogP contribution in [-0.4, -0.2) is 31.6 Å². The van der Waals surface area contributed by atoms with Gasteiger partial charge < -0.3 is 29.4 Å². The van der Waals surface area contributed by atoms with Crippen LogP contribution in [0.1, 0.15) is 17.0 Å². The number of methoxy groups -OCH3 is 1. The molecule has 0 aromatic heterocycles. The van der Waals surface area contributed by atoms with Gasteiger partial charge in [-0.1, -0.05) is 6.07 Å². The molecule has 3 aliphatic rings. The number of hydrogen-bond acceptors (Lipinski definition) is 7. The molecule has 2 N–H and O–H groups in total. The largest absolute Gasteiger partial charge is 0.504 e. The van der Waals surface area contributed by atoms with Crippen LogP contribution in [-0.2, 0) is 9.53 Å². The Kier molecular flexibility index (Phi) is 3.06. The Labute approximate surface area is 148 Å². The van der Waals surface area contributed by atoms with Crippen molar-refractivity contribution in [1.82, 2.24) is 0 Å². The molecule has 0 radical (unpaired) electrons. The van der Waals surface area contributed by atoms with E-state index in [9.17, 15) is 9.90 Å². The predicted octanol–water partition coefficient (Wildman–Crippen LogP) is 2.50. The third kappa shape index (κ3) is 2.03. The van der Waals surface area contributed by atoms with E-state index in [1.807, 2.05) is 18.2 Å². The standard InChI is InChI=1S/C19H15NO6/c1-23-14-3-2-9(4-13(14)21)17-10-5-15-16(26-8-25-15)6-11(10)20-12-7-24-19(22)18(12)17/h2-6,17,20-21H,7-8H2,1H3. The highest BCUT2D eigenvalue weighted by Crippen LogP contribution is 2.49. The molecular weight excluding hydrogens is 338 g/mol. The second-order valence-electron chi connectivity index (χ2n) is 6.25. The summed E-state index contributed by atoms with van der Waals surface area (Å²) in [6, 6.07) is 8.85. The number of carbonyl (C=O) groups is 1. The van der Waals surface area contributed by atoms with Crippen LogP contribution >= 0.6 is 0 Å². The molecular formula is C19H15NO6. The van der Waals surface area contributed by atoms with Gasteiger partial charge in [0.25, 0.3) is 0 Å². The van der Waals surface area contributed by atoms with E-state index >= 15 is 0 Å². The summed E-state index contributed by atoms with van der Waals surface area (Å²) in [7, 11) is 1.49. The molecule has 7 heteroatoms. The highest BCUT2D eigenvalue weighted by molar-refractivity contribution is 5.97. The number of phenolic OH excluding ortho intramolecular Hbond substituents is 1. The van der Waals surface area contributed by atoms with Crippen LogP contribution in [0.5, 0.6) is 23.0 Å². The highest BCUT2D eigenvalue weighted by Gasteiger charge is 2.39. The number of anilines is 1. The minimum atomic E-state index is -0.387. The van der Waals surface area contributed by atoms with E-state index in [0.29, 0.717) is 22.8 Å². The molecule has 5 rings (SSSR count). The first-order valence-corrected chi connectivity index (χ1v) is 8.13. The Hall–Kier alpha value is -3.35. The number of aromatic hydroxyl groups is 1. The average molecular weight is 353 g/mol. The Balaban J connectivity index is 1.71. The topological polar surface area (TPSA) is 86.3 Å². The molecule has 0 saturated carbocycles. The Bertz CT molecular complexity index is 980. The van der Waals surface area contributed by atoms with Gasteiger partial charge in [0.2, 0.25) is 6.79 Å². The number of rotatable bonds is 2. The summed E-state index contributed by atoms with van der Waals surface area (Å²) in [5.74, 6) is 0.917. The van der Waals surface area contributed by atoms with Crippen molar-refractivity contribution in [2.24, 2.45) is 0 Å². The van der Waals surface area contributed by atoms with Gasteiger partial charge in [-0.25, -0.2) is 4.79 Å². The van der Waals surface area contributed by atoms with Crippen molar-refractivity contribution >= 4 is 11.7 Å². The van der Waals surface area contributed by atoms with Gasteiger partial charge in [0.15, 0.2) is 23.0 Å². The highest BCUT2D eigenvalue weighted by atomic mass is 16.7. The van der Waals surface area contributed by atoms with Gasteiger partial charge in [-0.05, 0) is 29.3 Å². The zero-order valence-electron chi connectivity index (χ0n) is 13.9. The molecule has 1 unspecified atom stereocenters. The number of nitrogens with one attached hydrogen (secondary N) is 1. The normalized spacial score (nSPS) is 19.6. The first-order chi connectivity index (χ1) is 12.7. The summed E-state index contributed by atoms with van der Waals surface area (Å²) in [6.45, 7) is 0.363. The maximum absolute atomic E-state index is 12.4. The van der Waals surface area contributed by atoms with Crippen molar-refractivity contribution in [2.45, 2.75) is 5.92 Å². The summed E-state index contributed by atoms with van der Waals surface area (Å²) in [6.07, 6.45) is 0. The fourth-order valence-electron chi connectivity index (χ4n) is 3.67. The lowest BCUT2D eigenvalue weighted by Crippen LogP contribution is -2.19. The quantitative estimate of drug-likeness (QED) is 0.802. The van der Waals surface area contributed by atoms with Gasteiger partial charge >= 0.3 is 5.97 Å². The zero-order valence-corrected chi connectivity index (χ0v) is 13.9. The van der Waals surface area contributed by atoms with Crippen LogP contribution in [0, 0.1) is 0 Å². The lowest BCUT2D eigenvalue weighted by Gasteiger charge is -2.27. The zero-order chi connectivity index (χ0) is 17.8. The second kappa shape index (κ2) is 5.32. The predicted molar refractivity (Wildman–Crippen MR) is 90.7 cm³/mol. The second-order valence-corrected chi connectivity index (χ2v) is 6.25. The summed E-state index contributed by atoms with van der Waals surface area (Å²) in [5, 5.41) is 13.5. The summed E-state index contributed by atoms with van der Waals surface area (Å²) in [4.78, 5) is 12.4. The number of phenols is 1. The molecule has 26 heavy (non-hydrogen) atoms. The fourth-order valence-corrected chi connectivity index (χ4v) is 3.67. The summed E-state index contributed by atoms with van der Waals surface area (Å²) < 4.78 is 21.3. The van der Waals surface area contributed by atoms with Gasteiger partial charge in [0.05, 0.1) is 18.4 Å². The van der Waals surface area contributed by atoms with Gasteiger partial charge in [0, 0.05) is 17.7 Å². The van der Waals surface area contributed by atoms with E-state index < -0.39 is 0 Å². The molecule has 0 bridgehead atoms. The number of fused-ring (bicyclic) bond motifs is 2. The van der Waals surface area contributed by atoms with Crippen molar-refractivity contribution < 1.29 is 28.8 Å². The SMILES string of the molecule is COc1ccc(C2C3=C(COC3=O)Nc3cc4c(cc32)OCO4)cc1O. The number of benzene rings is 2. The lowest BCUT2D eigenvalue weighted by atomic mass is 9.81. The van der Waals surface area contributed by atoms with Crippen molar-refractivity contribution in [2.75, 3.05) is 25.8 Å². The van der Waals surface area contributed by atoms with Crippen LogP contribution in [0.2, 0.25) is 0 Å². The van der Waals surface area contributed by atoms with Crippen LogP contribution in [0.25, 0.3) is 0 Å². The van der Waals surface area contributed by atoms with Gasteiger partial charge in [-0.3, -0.25) is 0 Å². The van der Waals surface area contributed by atoms with Crippen molar-refractivity contribution in [3.05, 3.63) is 52.7 Å². The summed E-state index contributed by atoms with van der Waals surface area (Å²) >= 11 is 0. The molecule has 132 valence electrons. The third-order valence-corrected chi connectivity index (χ3v) is 4.86. The molecule has 0 amide bonds. The Morgan fingerprint density at radius 2 is 1.96 bits per heavy atom. The fraction of sp³-hybridized carbons (Fsp3) is 0.211. The number of carbonyl (C=O) groups excluding carboxylic acids is 1.